The van der Waals surface area contributed by atoms with Crippen LogP contribution in [-0.2, 0) is 28.6 Å². The zero-order valence-electron chi connectivity index (χ0n) is 39.2. The molecule has 0 radical (unpaired) electrons. The van der Waals surface area contributed by atoms with Crippen LogP contribution in [0.5, 0.6) is 0 Å². The third-order valence-corrected chi connectivity index (χ3v) is 10.6. The van der Waals surface area contributed by atoms with E-state index in [9.17, 15) is 14.4 Å². The Hall–Kier alpha value is -3.15. The van der Waals surface area contributed by atoms with Crippen LogP contribution in [0.15, 0.2) is 72.9 Å². The number of unbranched alkanes of at least 4 members (excludes halogenated alkanes) is 25. The Kier molecular flexibility index (Phi) is 46.0. The maximum Gasteiger partial charge on any atom is 0.306 e. The second kappa shape index (κ2) is 48.5. The summed E-state index contributed by atoms with van der Waals surface area (Å²) in [5.74, 6) is -0.907. The Morgan fingerprint density at radius 2 is 0.650 bits per heavy atom. The molecule has 0 amide bonds. The fourth-order valence-corrected chi connectivity index (χ4v) is 6.85. The molecule has 0 aromatic rings. The summed E-state index contributed by atoms with van der Waals surface area (Å²) >= 11 is 0. The molecule has 1 atom stereocenters. The van der Waals surface area contributed by atoms with Crippen molar-refractivity contribution < 1.29 is 28.6 Å². The van der Waals surface area contributed by atoms with Crippen molar-refractivity contribution in [2.75, 3.05) is 13.2 Å². The molecule has 0 aliphatic rings. The number of rotatable bonds is 44. The first kappa shape index (κ1) is 56.9. The van der Waals surface area contributed by atoms with E-state index in [0.29, 0.717) is 19.3 Å². The van der Waals surface area contributed by atoms with E-state index in [1.807, 2.05) is 0 Å². The fraction of sp³-hybridized carbons (Fsp3) is 0.722. The van der Waals surface area contributed by atoms with Crippen LogP contribution in [0.2, 0.25) is 0 Å². The van der Waals surface area contributed by atoms with Gasteiger partial charge in [0.05, 0.1) is 0 Å². The molecule has 0 saturated heterocycles. The van der Waals surface area contributed by atoms with Crippen molar-refractivity contribution in [1.82, 2.24) is 0 Å². The lowest BCUT2D eigenvalue weighted by atomic mass is 10.0. The third kappa shape index (κ3) is 45.9. The SMILES string of the molecule is CC\C=C/C=C\C=C/CCCCCCCCCC(=O)OCC(COC(=O)CCCCCCCCCCCCCC)OC(=O)CCCCCCCCC\C=C/C=C\C=C/CC. The van der Waals surface area contributed by atoms with Gasteiger partial charge in [-0.3, -0.25) is 14.4 Å². The lowest BCUT2D eigenvalue weighted by Gasteiger charge is -2.18. The molecule has 0 bridgehead atoms. The number of esters is 3. The molecular weight excluding hydrogens is 745 g/mol. The van der Waals surface area contributed by atoms with E-state index >= 15 is 0 Å². The predicted molar refractivity (Wildman–Crippen MR) is 256 cm³/mol. The monoisotopic (exact) mass is 837 g/mol. The highest BCUT2D eigenvalue weighted by Crippen LogP contribution is 2.15. The Balaban J connectivity index is 4.41. The molecule has 0 N–H and O–H groups in total. The Bertz CT molecular complexity index is 1140. The van der Waals surface area contributed by atoms with Crippen LogP contribution in [0.25, 0.3) is 0 Å². The molecular formula is C54H92O6. The van der Waals surface area contributed by atoms with Crippen LogP contribution in [0.4, 0.5) is 0 Å². The van der Waals surface area contributed by atoms with Gasteiger partial charge in [0.25, 0.3) is 0 Å². The van der Waals surface area contributed by atoms with E-state index in [1.165, 1.54) is 109 Å². The van der Waals surface area contributed by atoms with Gasteiger partial charge in [-0.05, 0) is 57.8 Å². The van der Waals surface area contributed by atoms with Crippen molar-refractivity contribution in [2.24, 2.45) is 0 Å². The highest BCUT2D eigenvalue weighted by atomic mass is 16.6. The molecule has 0 aliphatic carbocycles. The van der Waals surface area contributed by atoms with Gasteiger partial charge in [-0.1, -0.05) is 229 Å². The summed E-state index contributed by atoms with van der Waals surface area (Å²) in [6, 6.07) is 0. The molecule has 0 saturated carbocycles. The first-order valence-corrected chi connectivity index (χ1v) is 25.0. The predicted octanol–water partition coefficient (Wildman–Crippen LogP) is 16.3. The van der Waals surface area contributed by atoms with Crippen molar-refractivity contribution in [1.29, 1.82) is 0 Å². The van der Waals surface area contributed by atoms with Crippen LogP contribution in [0.3, 0.4) is 0 Å². The third-order valence-electron chi connectivity index (χ3n) is 10.6. The maximum atomic E-state index is 12.8. The first-order valence-electron chi connectivity index (χ1n) is 25.0. The van der Waals surface area contributed by atoms with Crippen LogP contribution in [0.1, 0.15) is 233 Å². The highest BCUT2D eigenvalue weighted by molar-refractivity contribution is 5.71. The molecule has 0 spiro atoms. The number of carbonyl (C=O) groups is 3. The smallest absolute Gasteiger partial charge is 0.306 e. The molecule has 1 unspecified atom stereocenters. The van der Waals surface area contributed by atoms with E-state index in [4.69, 9.17) is 14.2 Å². The van der Waals surface area contributed by atoms with E-state index in [0.717, 1.165) is 83.5 Å². The first-order chi connectivity index (χ1) is 29.5. The minimum Gasteiger partial charge on any atom is -0.462 e. The Labute approximate surface area is 370 Å². The minimum atomic E-state index is -0.784. The van der Waals surface area contributed by atoms with E-state index < -0.39 is 6.10 Å². The average molecular weight is 837 g/mol. The average Bonchev–Trinajstić information content (AvgIpc) is 3.24. The fourth-order valence-electron chi connectivity index (χ4n) is 6.85. The quantitative estimate of drug-likeness (QED) is 0.0263. The van der Waals surface area contributed by atoms with Crippen molar-refractivity contribution in [2.45, 2.75) is 239 Å². The largest absolute Gasteiger partial charge is 0.462 e. The molecule has 0 rings (SSSR count). The summed E-state index contributed by atoms with van der Waals surface area (Å²) in [5.41, 5.74) is 0. The number of hydrogen-bond donors (Lipinski definition) is 0. The van der Waals surface area contributed by atoms with Gasteiger partial charge in [0.2, 0.25) is 0 Å². The molecule has 0 aromatic heterocycles. The summed E-state index contributed by atoms with van der Waals surface area (Å²) < 4.78 is 16.8. The second-order valence-electron chi connectivity index (χ2n) is 16.4. The van der Waals surface area contributed by atoms with Crippen molar-refractivity contribution in [3.8, 4) is 0 Å². The summed E-state index contributed by atoms with van der Waals surface area (Å²) in [6.07, 6.45) is 60.2. The zero-order valence-corrected chi connectivity index (χ0v) is 39.2. The van der Waals surface area contributed by atoms with E-state index in [1.54, 1.807) is 0 Å². The van der Waals surface area contributed by atoms with Gasteiger partial charge < -0.3 is 14.2 Å². The summed E-state index contributed by atoms with van der Waals surface area (Å²) in [5, 5.41) is 0. The van der Waals surface area contributed by atoms with E-state index in [2.05, 4.69) is 93.7 Å². The molecule has 0 heterocycles. The second-order valence-corrected chi connectivity index (χ2v) is 16.4. The van der Waals surface area contributed by atoms with Gasteiger partial charge in [0, 0.05) is 19.3 Å². The van der Waals surface area contributed by atoms with E-state index in [-0.39, 0.29) is 31.1 Å². The maximum absolute atomic E-state index is 12.8. The molecule has 6 heteroatoms. The molecule has 0 aromatic carbocycles. The summed E-state index contributed by atoms with van der Waals surface area (Å²) in [4.78, 5) is 37.9. The molecule has 0 aliphatic heterocycles. The van der Waals surface area contributed by atoms with Gasteiger partial charge >= 0.3 is 17.9 Å². The number of ether oxygens (including phenoxy) is 3. The zero-order chi connectivity index (χ0) is 43.7. The minimum absolute atomic E-state index is 0.0831. The number of allylic oxidation sites excluding steroid dienone is 12. The van der Waals surface area contributed by atoms with Crippen molar-refractivity contribution >= 4 is 17.9 Å². The van der Waals surface area contributed by atoms with Crippen LogP contribution >= 0.6 is 0 Å². The van der Waals surface area contributed by atoms with Crippen molar-refractivity contribution in [3.05, 3.63) is 72.9 Å². The Morgan fingerprint density at radius 3 is 1.00 bits per heavy atom. The molecule has 0 fully saturated rings. The van der Waals surface area contributed by atoms with Gasteiger partial charge in [-0.2, -0.15) is 0 Å². The summed E-state index contributed by atoms with van der Waals surface area (Å²) in [6.45, 7) is 6.36. The number of hydrogen-bond acceptors (Lipinski definition) is 6. The molecule has 6 nitrogen and oxygen atoms in total. The molecule has 344 valence electrons. The lowest BCUT2D eigenvalue weighted by molar-refractivity contribution is -0.167. The normalized spacial score (nSPS) is 12.7. The standard InChI is InChI=1S/C54H92O6/c1-4-7-10-13-16-19-22-25-27-29-32-35-38-41-44-47-53(56)59-50-51(49-58-52(55)46-43-40-37-34-31-24-21-18-15-12-9-6-3)60-54(57)48-45-42-39-36-33-30-28-26-23-20-17-14-11-8-5-2/h7-8,10-11,13-14,16-17,19-20,22-23,51H,4-6,9,12,15,18,21,24-50H2,1-3H3/b10-7-,11-8-,16-13-,17-14-,22-19-,23-20-. The Morgan fingerprint density at radius 1 is 0.350 bits per heavy atom. The van der Waals surface area contributed by atoms with Gasteiger partial charge in [-0.15, -0.1) is 0 Å². The topological polar surface area (TPSA) is 78.9 Å². The highest BCUT2D eigenvalue weighted by Gasteiger charge is 2.19. The summed E-state index contributed by atoms with van der Waals surface area (Å²) in [7, 11) is 0. The number of carbonyl (C=O) groups excluding carboxylic acids is 3. The van der Waals surface area contributed by atoms with Crippen LogP contribution < -0.4 is 0 Å². The van der Waals surface area contributed by atoms with Crippen LogP contribution in [0, 0.1) is 0 Å². The lowest BCUT2D eigenvalue weighted by Crippen LogP contribution is -2.30. The van der Waals surface area contributed by atoms with Gasteiger partial charge in [-0.25, -0.2) is 0 Å². The van der Waals surface area contributed by atoms with Gasteiger partial charge in [0.1, 0.15) is 13.2 Å². The molecule has 60 heavy (non-hydrogen) atoms. The van der Waals surface area contributed by atoms with Crippen molar-refractivity contribution in [3.63, 3.8) is 0 Å². The van der Waals surface area contributed by atoms with Gasteiger partial charge in [0.15, 0.2) is 6.10 Å². The van der Waals surface area contributed by atoms with Crippen LogP contribution in [-0.4, -0.2) is 37.2 Å².